The number of anilines is 1. The van der Waals surface area contributed by atoms with E-state index in [1.54, 1.807) is 16.0 Å². The minimum absolute atomic E-state index is 0.0322. The molecule has 2 aromatic heterocycles. The van der Waals surface area contributed by atoms with Crippen molar-refractivity contribution in [2.24, 2.45) is 0 Å². The number of carbonyl (C=O) groups is 1. The second kappa shape index (κ2) is 5.34. The molecule has 0 aliphatic carbocycles. The van der Waals surface area contributed by atoms with Crippen molar-refractivity contribution in [1.82, 2.24) is 29.7 Å². The smallest absolute Gasteiger partial charge is 0.324 e. The molecule has 0 aromatic carbocycles. The Hall–Kier alpha value is -2.42. The third kappa shape index (κ3) is 2.37. The predicted octanol–water partition coefficient (Wildman–Crippen LogP) is 0.756. The van der Waals surface area contributed by atoms with Gasteiger partial charge in [0.2, 0.25) is 5.89 Å². The summed E-state index contributed by atoms with van der Waals surface area (Å²) < 4.78 is 7.05. The van der Waals surface area contributed by atoms with Gasteiger partial charge in [-0.05, 0) is 6.92 Å². The van der Waals surface area contributed by atoms with Gasteiger partial charge in [0.05, 0.1) is 24.0 Å². The molecule has 2 aliphatic rings. The molecule has 2 saturated heterocycles. The van der Waals surface area contributed by atoms with E-state index >= 15 is 0 Å². The van der Waals surface area contributed by atoms with Crippen LogP contribution < -0.4 is 4.90 Å². The first kappa shape index (κ1) is 14.2. The fraction of sp³-hybridized carbons (Fsp3) is 0.571. The van der Waals surface area contributed by atoms with Crippen molar-refractivity contribution < 1.29 is 9.32 Å². The van der Waals surface area contributed by atoms with Gasteiger partial charge in [-0.15, -0.1) is 0 Å². The lowest BCUT2D eigenvalue weighted by Gasteiger charge is -2.41. The third-order valence-electron chi connectivity index (χ3n) is 4.66. The molecule has 4 heterocycles. The molecule has 0 spiro atoms. The van der Waals surface area contributed by atoms with Crippen molar-refractivity contribution in [1.29, 1.82) is 0 Å². The molecule has 2 aliphatic heterocycles. The first-order valence-electron chi connectivity index (χ1n) is 7.71. The summed E-state index contributed by atoms with van der Waals surface area (Å²) in [6, 6.07) is 0.451. The fourth-order valence-electron chi connectivity index (χ4n) is 3.05. The number of hydrogen-bond acceptors (Lipinski definition) is 6. The average molecular weight is 317 g/mol. The second-order valence-electron chi connectivity index (χ2n) is 6.10. The van der Waals surface area contributed by atoms with Gasteiger partial charge < -0.3 is 9.42 Å². The fourth-order valence-corrected chi connectivity index (χ4v) is 3.05. The number of hydrogen-bond donors (Lipinski definition) is 0. The third-order valence-corrected chi connectivity index (χ3v) is 4.66. The molecule has 122 valence electrons. The molecule has 2 aromatic rings. The Balaban J connectivity index is 1.39. The summed E-state index contributed by atoms with van der Waals surface area (Å²) in [4.78, 5) is 21.9. The first-order valence-corrected chi connectivity index (χ1v) is 7.71. The van der Waals surface area contributed by atoms with E-state index in [0.29, 0.717) is 18.5 Å². The minimum atomic E-state index is 0.0322. The minimum Gasteiger partial charge on any atom is -0.338 e. The van der Waals surface area contributed by atoms with Crippen molar-refractivity contribution in [3.8, 4) is 0 Å². The maximum atomic E-state index is 12.0. The number of urea groups is 1. The maximum absolute atomic E-state index is 12.0. The second-order valence-corrected chi connectivity index (χ2v) is 6.10. The number of likely N-dealkylation sites (N-methyl/N-ethyl adjacent to an activating group) is 1. The molecule has 0 N–H and O–H groups in total. The number of rotatable bonds is 4. The zero-order chi connectivity index (χ0) is 16.0. The van der Waals surface area contributed by atoms with Crippen LogP contribution in [0.3, 0.4) is 0 Å². The molecule has 9 nitrogen and oxygen atoms in total. The Morgan fingerprint density at radius 3 is 2.83 bits per heavy atom. The summed E-state index contributed by atoms with van der Waals surface area (Å²) in [5.41, 5.74) is 0.864. The van der Waals surface area contributed by atoms with Crippen LogP contribution in [-0.4, -0.2) is 69.0 Å². The lowest BCUT2D eigenvalue weighted by Crippen LogP contribution is -2.48. The summed E-state index contributed by atoms with van der Waals surface area (Å²) in [5, 5.41) is 8.08. The molecular formula is C14H19N7O2. The van der Waals surface area contributed by atoms with Crippen molar-refractivity contribution >= 4 is 11.7 Å². The topological polar surface area (TPSA) is 83.5 Å². The average Bonchev–Trinajstić information content (AvgIpc) is 3.20. The first-order chi connectivity index (χ1) is 11.1. The van der Waals surface area contributed by atoms with Crippen molar-refractivity contribution in [2.75, 3.05) is 38.1 Å². The van der Waals surface area contributed by atoms with Crippen LogP contribution in [0.15, 0.2) is 23.2 Å². The van der Waals surface area contributed by atoms with Gasteiger partial charge >= 0.3 is 6.03 Å². The van der Waals surface area contributed by atoms with Crippen molar-refractivity contribution in [2.45, 2.75) is 19.0 Å². The Morgan fingerprint density at radius 1 is 1.35 bits per heavy atom. The largest absolute Gasteiger partial charge is 0.338 e. The Kier molecular flexibility index (Phi) is 3.29. The van der Waals surface area contributed by atoms with E-state index < -0.39 is 0 Å². The van der Waals surface area contributed by atoms with Crippen LogP contribution in [-0.2, 0) is 0 Å². The summed E-state index contributed by atoms with van der Waals surface area (Å²) >= 11 is 0. The van der Waals surface area contributed by atoms with Gasteiger partial charge in [0.1, 0.15) is 0 Å². The van der Waals surface area contributed by atoms with E-state index in [4.69, 9.17) is 4.52 Å². The Labute approximate surface area is 133 Å². The molecule has 2 fully saturated rings. The van der Waals surface area contributed by atoms with Crippen LogP contribution in [0.4, 0.5) is 10.5 Å². The molecule has 9 heteroatoms. The molecule has 0 saturated carbocycles. The van der Waals surface area contributed by atoms with Gasteiger partial charge in [-0.25, -0.2) is 4.79 Å². The molecular weight excluding hydrogens is 298 g/mol. The van der Waals surface area contributed by atoms with E-state index in [9.17, 15) is 4.79 Å². The SMILES string of the molecule is CC(c1ncno1)N1CC(n2cc(N3CCN(C)C3=O)cn2)C1. The van der Waals surface area contributed by atoms with E-state index in [-0.39, 0.29) is 12.1 Å². The highest BCUT2D eigenvalue weighted by molar-refractivity contribution is 5.93. The molecule has 4 rings (SSSR count). The lowest BCUT2D eigenvalue weighted by molar-refractivity contribution is 0.0456. The molecule has 1 unspecified atom stereocenters. The number of amides is 2. The monoisotopic (exact) mass is 317 g/mol. The zero-order valence-corrected chi connectivity index (χ0v) is 13.2. The number of nitrogens with zero attached hydrogens (tertiary/aromatic N) is 7. The predicted molar refractivity (Wildman–Crippen MR) is 80.9 cm³/mol. The summed E-state index contributed by atoms with van der Waals surface area (Å²) in [7, 11) is 1.81. The standard InChI is InChI=1S/C14H19N7O2/c1-10(13-15-9-17-23-13)19-6-12(7-19)21-8-11(5-16-21)20-4-3-18(2)14(20)22/h5,8-10,12H,3-4,6-7H2,1-2H3. The van der Waals surface area contributed by atoms with Crippen LogP contribution in [0, 0.1) is 0 Å². The molecule has 2 amide bonds. The lowest BCUT2D eigenvalue weighted by atomic mass is 10.1. The van der Waals surface area contributed by atoms with E-state index in [2.05, 4.69) is 27.1 Å². The molecule has 0 bridgehead atoms. The summed E-state index contributed by atoms with van der Waals surface area (Å²) in [5.74, 6) is 0.635. The highest BCUT2D eigenvalue weighted by Gasteiger charge is 2.35. The zero-order valence-electron chi connectivity index (χ0n) is 13.2. The number of carbonyl (C=O) groups excluding carboxylic acids is 1. The van der Waals surface area contributed by atoms with Crippen LogP contribution in [0.25, 0.3) is 0 Å². The van der Waals surface area contributed by atoms with E-state index in [1.165, 1.54) is 6.33 Å². The highest BCUT2D eigenvalue weighted by Crippen LogP contribution is 2.30. The molecule has 1 atom stereocenters. The molecule has 23 heavy (non-hydrogen) atoms. The van der Waals surface area contributed by atoms with Crippen molar-refractivity contribution in [3.05, 3.63) is 24.6 Å². The van der Waals surface area contributed by atoms with Gasteiger partial charge in [0, 0.05) is 39.4 Å². The van der Waals surface area contributed by atoms with E-state index in [1.807, 2.05) is 17.9 Å². The Morgan fingerprint density at radius 2 is 2.17 bits per heavy atom. The quantitative estimate of drug-likeness (QED) is 0.827. The summed E-state index contributed by atoms with van der Waals surface area (Å²) in [6.07, 6.45) is 5.14. The number of aromatic nitrogens is 4. The van der Waals surface area contributed by atoms with E-state index in [0.717, 1.165) is 25.3 Å². The van der Waals surface area contributed by atoms with Gasteiger partial charge in [-0.2, -0.15) is 10.1 Å². The normalized spacial score (nSPS) is 21.0. The molecule has 0 radical (unpaired) electrons. The highest BCUT2D eigenvalue weighted by atomic mass is 16.5. The van der Waals surface area contributed by atoms with Crippen LogP contribution >= 0.6 is 0 Å². The van der Waals surface area contributed by atoms with Crippen LogP contribution in [0.1, 0.15) is 24.9 Å². The van der Waals surface area contributed by atoms with Gasteiger partial charge in [-0.1, -0.05) is 5.16 Å². The van der Waals surface area contributed by atoms with Crippen LogP contribution in [0.2, 0.25) is 0 Å². The Bertz CT molecular complexity index is 692. The van der Waals surface area contributed by atoms with Crippen molar-refractivity contribution in [3.63, 3.8) is 0 Å². The van der Waals surface area contributed by atoms with Gasteiger partial charge in [-0.3, -0.25) is 14.5 Å². The summed E-state index contributed by atoms with van der Waals surface area (Å²) in [6.45, 7) is 5.27. The van der Waals surface area contributed by atoms with Gasteiger partial charge in [0.25, 0.3) is 0 Å². The van der Waals surface area contributed by atoms with Gasteiger partial charge in [0.15, 0.2) is 6.33 Å². The number of likely N-dealkylation sites (tertiary alicyclic amines) is 1. The maximum Gasteiger partial charge on any atom is 0.324 e. The van der Waals surface area contributed by atoms with Crippen LogP contribution in [0.5, 0.6) is 0 Å².